The van der Waals surface area contributed by atoms with Gasteiger partial charge in [0.2, 0.25) is 6.41 Å². The summed E-state index contributed by atoms with van der Waals surface area (Å²) in [5, 5.41) is 2.16. The van der Waals surface area contributed by atoms with Crippen LogP contribution < -0.4 is 5.32 Å². The van der Waals surface area contributed by atoms with Crippen molar-refractivity contribution in [1.29, 1.82) is 0 Å². The molecule has 0 aromatic heterocycles. The minimum atomic E-state index is -4.59. The van der Waals surface area contributed by atoms with E-state index in [0.717, 1.165) is 12.1 Å². The molecule has 0 radical (unpaired) electrons. The van der Waals surface area contributed by atoms with Crippen molar-refractivity contribution in [2.45, 2.75) is 12.7 Å². The number of carbonyl (C=O) groups excluding carboxylic acids is 1. The van der Waals surface area contributed by atoms with Crippen molar-refractivity contribution in [3.05, 3.63) is 35.1 Å². The molecule has 0 fully saturated rings. The number of benzene rings is 1. The van der Waals surface area contributed by atoms with Gasteiger partial charge in [0.05, 0.1) is 5.56 Å². The number of amides is 1. The summed E-state index contributed by atoms with van der Waals surface area (Å²) in [6.07, 6.45) is -4.25. The van der Waals surface area contributed by atoms with Crippen molar-refractivity contribution in [3.63, 3.8) is 0 Å². The first-order chi connectivity index (χ1) is 6.93. The molecule has 0 heterocycles. The number of rotatable bonds is 3. The van der Waals surface area contributed by atoms with Crippen molar-refractivity contribution >= 4 is 6.41 Å². The third-order valence-electron chi connectivity index (χ3n) is 1.67. The first kappa shape index (κ1) is 11.5. The second-order valence-corrected chi connectivity index (χ2v) is 2.84. The largest absolute Gasteiger partial charge is 0.416 e. The van der Waals surface area contributed by atoms with Crippen molar-refractivity contribution in [1.82, 2.24) is 5.32 Å². The van der Waals surface area contributed by atoms with Crippen LogP contribution in [0, 0.1) is 5.82 Å². The average molecular weight is 221 g/mol. The van der Waals surface area contributed by atoms with E-state index in [1.165, 1.54) is 0 Å². The Morgan fingerprint density at radius 2 is 1.93 bits per heavy atom. The van der Waals surface area contributed by atoms with Gasteiger partial charge in [-0.05, 0) is 23.8 Å². The summed E-state index contributed by atoms with van der Waals surface area (Å²) in [6.45, 7) is -0.135. The molecule has 1 amide bonds. The van der Waals surface area contributed by atoms with Crippen LogP contribution in [0.1, 0.15) is 11.1 Å². The molecular formula is C9H7F4NO. The smallest absolute Gasteiger partial charge is 0.355 e. The molecule has 2 nitrogen and oxygen atoms in total. The van der Waals surface area contributed by atoms with E-state index in [1.807, 2.05) is 0 Å². The molecule has 0 bridgehead atoms. The van der Waals surface area contributed by atoms with Gasteiger partial charge in [-0.15, -0.1) is 0 Å². The molecule has 6 heteroatoms. The van der Waals surface area contributed by atoms with Crippen LogP contribution in [0.2, 0.25) is 0 Å². The summed E-state index contributed by atoms with van der Waals surface area (Å²) in [6, 6.07) is 2.13. The maximum atomic E-state index is 12.8. The third kappa shape index (κ3) is 3.23. The lowest BCUT2D eigenvalue weighted by Crippen LogP contribution is -2.12. The lowest BCUT2D eigenvalue weighted by atomic mass is 10.1. The summed E-state index contributed by atoms with van der Waals surface area (Å²) in [5.74, 6) is -0.979. The maximum absolute atomic E-state index is 12.8. The molecule has 0 unspecified atom stereocenters. The van der Waals surface area contributed by atoms with Gasteiger partial charge in [0.1, 0.15) is 5.82 Å². The highest BCUT2D eigenvalue weighted by molar-refractivity contribution is 5.46. The van der Waals surface area contributed by atoms with E-state index in [9.17, 15) is 22.4 Å². The van der Waals surface area contributed by atoms with Gasteiger partial charge in [-0.25, -0.2) is 4.39 Å². The van der Waals surface area contributed by atoms with Crippen molar-refractivity contribution in [3.8, 4) is 0 Å². The van der Waals surface area contributed by atoms with E-state index in [-0.39, 0.29) is 12.1 Å². The Bertz CT molecular complexity index is 362. The zero-order valence-corrected chi connectivity index (χ0v) is 7.44. The topological polar surface area (TPSA) is 29.1 Å². The van der Waals surface area contributed by atoms with Gasteiger partial charge in [-0.1, -0.05) is 0 Å². The van der Waals surface area contributed by atoms with Crippen molar-refractivity contribution < 1.29 is 22.4 Å². The number of hydrogen-bond donors (Lipinski definition) is 1. The Hall–Kier alpha value is -1.59. The third-order valence-corrected chi connectivity index (χ3v) is 1.67. The van der Waals surface area contributed by atoms with Crippen LogP contribution >= 0.6 is 0 Å². The number of nitrogens with one attached hydrogen (secondary N) is 1. The molecule has 0 saturated carbocycles. The van der Waals surface area contributed by atoms with Gasteiger partial charge in [0.25, 0.3) is 0 Å². The number of hydrogen-bond acceptors (Lipinski definition) is 1. The van der Waals surface area contributed by atoms with Crippen LogP contribution in [0.25, 0.3) is 0 Å². The molecule has 1 rings (SSSR count). The van der Waals surface area contributed by atoms with E-state index in [1.54, 1.807) is 0 Å². The van der Waals surface area contributed by atoms with Crippen LogP contribution in [0.4, 0.5) is 17.6 Å². The maximum Gasteiger partial charge on any atom is 0.416 e. The van der Waals surface area contributed by atoms with E-state index in [0.29, 0.717) is 12.5 Å². The van der Waals surface area contributed by atoms with E-state index < -0.39 is 17.6 Å². The fourth-order valence-electron chi connectivity index (χ4n) is 1.08. The fourth-order valence-corrected chi connectivity index (χ4v) is 1.08. The van der Waals surface area contributed by atoms with Gasteiger partial charge in [0.15, 0.2) is 0 Å². The van der Waals surface area contributed by atoms with Crippen LogP contribution in [-0.4, -0.2) is 6.41 Å². The standard InChI is InChI=1S/C9H7F4NO/c10-8-2-6(4-14-5-15)1-7(3-8)9(11,12)13/h1-3,5H,4H2,(H,14,15). The molecular weight excluding hydrogens is 214 g/mol. The molecule has 1 aromatic rings. The lowest BCUT2D eigenvalue weighted by molar-refractivity contribution is -0.137. The quantitative estimate of drug-likeness (QED) is 0.614. The molecule has 15 heavy (non-hydrogen) atoms. The summed E-state index contributed by atoms with van der Waals surface area (Å²) in [7, 11) is 0. The van der Waals surface area contributed by atoms with E-state index >= 15 is 0 Å². The molecule has 0 spiro atoms. The summed E-state index contributed by atoms with van der Waals surface area (Å²) >= 11 is 0. The molecule has 0 aliphatic carbocycles. The molecule has 0 aliphatic rings. The number of halogens is 4. The monoisotopic (exact) mass is 221 g/mol. The van der Waals surface area contributed by atoms with Crippen LogP contribution in [0.3, 0.4) is 0 Å². The highest BCUT2D eigenvalue weighted by Gasteiger charge is 2.31. The first-order valence-corrected chi connectivity index (χ1v) is 3.97. The second-order valence-electron chi connectivity index (χ2n) is 2.84. The minimum absolute atomic E-state index is 0.0643. The van der Waals surface area contributed by atoms with Crippen LogP contribution in [0.5, 0.6) is 0 Å². The Labute approximate surface area is 82.9 Å². The molecule has 0 aliphatic heterocycles. The molecule has 1 aromatic carbocycles. The summed E-state index contributed by atoms with van der Waals surface area (Å²) in [4.78, 5) is 9.92. The predicted octanol–water partition coefficient (Wildman–Crippen LogP) is 2.09. The molecule has 0 atom stereocenters. The number of carbonyl (C=O) groups is 1. The van der Waals surface area contributed by atoms with Gasteiger partial charge in [-0.2, -0.15) is 13.2 Å². The number of alkyl halides is 3. The normalized spacial score (nSPS) is 11.2. The van der Waals surface area contributed by atoms with E-state index in [4.69, 9.17) is 0 Å². The molecule has 1 N–H and O–H groups in total. The van der Waals surface area contributed by atoms with Crippen LogP contribution in [0.15, 0.2) is 18.2 Å². The first-order valence-electron chi connectivity index (χ1n) is 3.97. The Morgan fingerprint density at radius 1 is 1.27 bits per heavy atom. The van der Waals surface area contributed by atoms with E-state index in [2.05, 4.69) is 5.32 Å². The van der Waals surface area contributed by atoms with Gasteiger partial charge < -0.3 is 5.32 Å². The fraction of sp³-hybridized carbons (Fsp3) is 0.222. The van der Waals surface area contributed by atoms with Gasteiger partial charge in [0, 0.05) is 6.54 Å². The van der Waals surface area contributed by atoms with Crippen LogP contribution in [-0.2, 0) is 17.5 Å². The zero-order valence-electron chi connectivity index (χ0n) is 7.44. The summed E-state index contributed by atoms with van der Waals surface area (Å²) in [5.41, 5.74) is -1.00. The summed E-state index contributed by atoms with van der Waals surface area (Å²) < 4.78 is 49.4. The SMILES string of the molecule is O=CNCc1cc(F)cc(C(F)(F)F)c1. The average Bonchev–Trinajstić information content (AvgIpc) is 2.12. The zero-order chi connectivity index (χ0) is 11.5. The van der Waals surface area contributed by atoms with Gasteiger partial charge >= 0.3 is 6.18 Å². The molecule has 0 saturated heterocycles. The predicted molar refractivity (Wildman–Crippen MR) is 44.3 cm³/mol. The second kappa shape index (κ2) is 4.29. The Morgan fingerprint density at radius 3 is 2.47 bits per heavy atom. The van der Waals surface area contributed by atoms with Crippen molar-refractivity contribution in [2.24, 2.45) is 0 Å². The molecule has 82 valence electrons. The van der Waals surface area contributed by atoms with Gasteiger partial charge in [-0.3, -0.25) is 4.79 Å². The minimum Gasteiger partial charge on any atom is -0.355 e. The lowest BCUT2D eigenvalue weighted by Gasteiger charge is -2.08. The highest BCUT2D eigenvalue weighted by Crippen LogP contribution is 2.30. The van der Waals surface area contributed by atoms with Crippen molar-refractivity contribution in [2.75, 3.05) is 0 Å². The Kier molecular flexibility index (Phi) is 3.28. The Balaban J connectivity index is 3.00. The highest BCUT2D eigenvalue weighted by atomic mass is 19.4.